The van der Waals surface area contributed by atoms with Crippen LogP contribution in [0.3, 0.4) is 0 Å². The number of ether oxygens (including phenoxy) is 1. The summed E-state index contributed by atoms with van der Waals surface area (Å²) in [6.07, 6.45) is 0. The predicted octanol–water partition coefficient (Wildman–Crippen LogP) is 3.87. The molecule has 0 amide bonds. The Morgan fingerprint density at radius 1 is 1.15 bits per heavy atom. The molecule has 1 N–H and O–H groups in total. The molecule has 0 saturated heterocycles. The van der Waals surface area contributed by atoms with E-state index in [0.29, 0.717) is 12.4 Å². The predicted molar refractivity (Wildman–Crippen MR) is 99.4 cm³/mol. The molecule has 0 aliphatic carbocycles. The third-order valence-corrected chi connectivity index (χ3v) is 4.80. The van der Waals surface area contributed by atoms with Crippen LogP contribution in [-0.4, -0.2) is 25.8 Å². The van der Waals surface area contributed by atoms with Crippen molar-refractivity contribution in [3.05, 3.63) is 71.5 Å². The van der Waals surface area contributed by atoms with E-state index in [9.17, 15) is 4.79 Å². The van der Waals surface area contributed by atoms with Gasteiger partial charge >= 0.3 is 5.97 Å². The van der Waals surface area contributed by atoms with Crippen molar-refractivity contribution in [2.45, 2.75) is 31.0 Å². The summed E-state index contributed by atoms with van der Waals surface area (Å²) in [6.45, 7) is 3.11. The van der Waals surface area contributed by atoms with Crippen molar-refractivity contribution in [1.29, 1.82) is 0 Å². The molecule has 26 heavy (non-hydrogen) atoms. The Bertz CT molecular complexity index is 881. The van der Waals surface area contributed by atoms with Gasteiger partial charge in [0.1, 0.15) is 12.4 Å². The maximum absolute atomic E-state index is 11.1. The van der Waals surface area contributed by atoms with Crippen molar-refractivity contribution in [1.82, 2.24) is 14.8 Å². The molecule has 1 aromatic heterocycles. The summed E-state index contributed by atoms with van der Waals surface area (Å²) < 4.78 is 7.76. The Kier molecular flexibility index (Phi) is 5.91. The second-order valence-corrected chi connectivity index (χ2v) is 6.48. The zero-order chi connectivity index (χ0) is 18.4. The third-order valence-electron chi connectivity index (χ3n) is 3.76. The minimum Gasteiger partial charge on any atom is -0.486 e. The van der Waals surface area contributed by atoms with Crippen LogP contribution in [0.5, 0.6) is 5.75 Å². The van der Waals surface area contributed by atoms with Gasteiger partial charge in [0.15, 0.2) is 11.0 Å². The molecule has 134 valence electrons. The number of carboxylic acids is 1. The largest absolute Gasteiger partial charge is 0.486 e. The van der Waals surface area contributed by atoms with Crippen LogP contribution in [-0.2, 0) is 18.9 Å². The number of benzene rings is 2. The van der Waals surface area contributed by atoms with E-state index in [1.165, 1.54) is 11.8 Å². The zero-order valence-corrected chi connectivity index (χ0v) is 15.1. The van der Waals surface area contributed by atoms with Crippen molar-refractivity contribution >= 4 is 17.7 Å². The first-order valence-electron chi connectivity index (χ1n) is 8.22. The summed E-state index contributed by atoms with van der Waals surface area (Å²) in [4.78, 5) is 11.1. The number of rotatable bonds is 8. The lowest BCUT2D eigenvalue weighted by Gasteiger charge is -2.09. The van der Waals surface area contributed by atoms with E-state index >= 15 is 0 Å². The lowest BCUT2D eigenvalue weighted by atomic mass is 10.1. The fourth-order valence-electron chi connectivity index (χ4n) is 2.46. The van der Waals surface area contributed by atoms with Gasteiger partial charge in [-0.25, -0.2) is 4.79 Å². The first kappa shape index (κ1) is 18.0. The maximum atomic E-state index is 11.1. The Balaban J connectivity index is 1.66. The molecule has 0 atom stereocenters. The molecular formula is C19H19N3O3S. The van der Waals surface area contributed by atoms with Gasteiger partial charge in [0.25, 0.3) is 0 Å². The smallest absolute Gasteiger partial charge is 0.335 e. The fourth-order valence-corrected chi connectivity index (χ4v) is 3.42. The molecule has 0 aliphatic heterocycles. The molecule has 2 aromatic carbocycles. The lowest BCUT2D eigenvalue weighted by molar-refractivity contribution is 0.0697. The van der Waals surface area contributed by atoms with Crippen molar-refractivity contribution in [2.75, 3.05) is 0 Å². The number of carboxylic acid groups (broad SMARTS) is 1. The van der Waals surface area contributed by atoms with E-state index < -0.39 is 5.97 Å². The normalized spacial score (nSPS) is 10.7. The molecule has 1 heterocycles. The van der Waals surface area contributed by atoms with Gasteiger partial charge in [-0.3, -0.25) is 0 Å². The Morgan fingerprint density at radius 3 is 2.69 bits per heavy atom. The molecule has 0 fully saturated rings. The number of hydrogen-bond acceptors (Lipinski definition) is 5. The number of hydrogen-bond donors (Lipinski definition) is 1. The van der Waals surface area contributed by atoms with Gasteiger partial charge in [-0.05, 0) is 36.8 Å². The molecule has 0 radical (unpaired) electrons. The van der Waals surface area contributed by atoms with E-state index in [-0.39, 0.29) is 5.56 Å². The van der Waals surface area contributed by atoms with E-state index in [2.05, 4.69) is 10.2 Å². The number of thioether (sulfide) groups is 1. The van der Waals surface area contributed by atoms with Crippen molar-refractivity contribution in [3.8, 4) is 5.75 Å². The molecule has 0 aliphatic rings. The van der Waals surface area contributed by atoms with Crippen molar-refractivity contribution < 1.29 is 14.6 Å². The van der Waals surface area contributed by atoms with E-state index in [1.807, 2.05) is 47.9 Å². The monoisotopic (exact) mass is 369 g/mol. The fraction of sp³-hybridized carbons (Fsp3) is 0.211. The van der Waals surface area contributed by atoms with Crippen LogP contribution < -0.4 is 4.74 Å². The molecule has 0 unspecified atom stereocenters. The highest BCUT2D eigenvalue weighted by Gasteiger charge is 2.12. The number of para-hydroxylation sites is 1. The number of nitrogens with zero attached hydrogens (tertiary/aromatic N) is 3. The topological polar surface area (TPSA) is 77.2 Å². The Hall–Kier alpha value is -2.80. The Morgan fingerprint density at radius 2 is 1.96 bits per heavy atom. The highest BCUT2D eigenvalue weighted by atomic mass is 32.2. The molecule has 0 bridgehead atoms. The minimum atomic E-state index is -0.922. The first-order chi connectivity index (χ1) is 12.7. The van der Waals surface area contributed by atoms with E-state index in [1.54, 1.807) is 18.2 Å². The molecule has 6 nitrogen and oxygen atoms in total. The van der Waals surface area contributed by atoms with Crippen molar-refractivity contribution in [3.63, 3.8) is 0 Å². The average Bonchev–Trinajstić information content (AvgIpc) is 3.07. The summed E-state index contributed by atoms with van der Waals surface area (Å²) in [5, 5.41) is 18.4. The summed E-state index contributed by atoms with van der Waals surface area (Å²) in [6, 6.07) is 16.5. The quantitative estimate of drug-likeness (QED) is 0.608. The number of aromatic nitrogens is 3. The second kappa shape index (κ2) is 8.53. The van der Waals surface area contributed by atoms with E-state index in [4.69, 9.17) is 9.84 Å². The summed E-state index contributed by atoms with van der Waals surface area (Å²) in [7, 11) is 0. The van der Waals surface area contributed by atoms with Crippen LogP contribution >= 0.6 is 11.8 Å². The number of aromatic carboxylic acids is 1. The lowest BCUT2D eigenvalue weighted by Crippen LogP contribution is -2.07. The maximum Gasteiger partial charge on any atom is 0.335 e. The molecule has 0 saturated carbocycles. The third kappa shape index (κ3) is 4.43. The second-order valence-electron chi connectivity index (χ2n) is 5.54. The summed E-state index contributed by atoms with van der Waals surface area (Å²) >= 11 is 1.53. The van der Waals surface area contributed by atoms with Crippen LogP contribution in [0.4, 0.5) is 0 Å². The summed E-state index contributed by atoms with van der Waals surface area (Å²) in [5.41, 5.74) is 1.22. The van der Waals surface area contributed by atoms with Crippen molar-refractivity contribution in [2.24, 2.45) is 0 Å². The van der Waals surface area contributed by atoms with Crippen LogP contribution in [0.1, 0.15) is 28.7 Å². The van der Waals surface area contributed by atoms with Gasteiger partial charge in [0, 0.05) is 12.3 Å². The van der Waals surface area contributed by atoms with Crippen LogP contribution in [0.15, 0.2) is 59.8 Å². The Labute approximate surface area is 155 Å². The molecule has 3 rings (SSSR count). The van der Waals surface area contributed by atoms with E-state index in [0.717, 1.165) is 28.8 Å². The summed E-state index contributed by atoms with van der Waals surface area (Å²) in [5.74, 6) is 1.25. The van der Waals surface area contributed by atoms with Gasteiger partial charge < -0.3 is 14.4 Å². The van der Waals surface area contributed by atoms with Crippen LogP contribution in [0, 0.1) is 0 Å². The van der Waals surface area contributed by atoms with Gasteiger partial charge in [-0.2, -0.15) is 0 Å². The standard InChI is InChI=1S/C19H19N3O3S/c1-2-22-17(12-25-16-9-4-3-5-10-16)20-21-19(22)26-13-14-7-6-8-15(11-14)18(23)24/h3-11H,2,12-13H2,1H3,(H,23,24). The molecule has 0 spiro atoms. The highest BCUT2D eigenvalue weighted by molar-refractivity contribution is 7.98. The minimum absolute atomic E-state index is 0.289. The highest BCUT2D eigenvalue weighted by Crippen LogP contribution is 2.23. The van der Waals surface area contributed by atoms with Gasteiger partial charge in [0.05, 0.1) is 5.56 Å². The molecule has 7 heteroatoms. The van der Waals surface area contributed by atoms with Crippen LogP contribution in [0.25, 0.3) is 0 Å². The average molecular weight is 369 g/mol. The van der Waals surface area contributed by atoms with Crippen LogP contribution in [0.2, 0.25) is 0 Å². The van der Waals surface area contributed by atoms with Gasteiger partial charge in [-0.15, -0.1) is 10.2 Å². The molecular weight excluding hydrogens is 350 g/mol. The first-order valence-corrected chi connectivity index (χ1v) is 9.21. The number of carbonyl (C=O) groups is 1. The van der Waals surface area contributed by atoms with Gasteiger partial charge in [0.2, 0.25) is 0 Å². The zero-order valence-electron chi connectivity index (χ0n) is 14.3. The SMILES string of the molecule is CCn1c(COc2ccccc2)nnc1SCc1cccc(C(=O)O)c1. The molecule has 3 aromatic rings. The van der Waals surface area contributed by atoms with Gasteiger partial charge in [-0.1, -0.05) is 42.1 Å².